The van der Waals surface area contributed by atoms with Crippen LogP contribution in [0, 0.1) is 25.6 Å². The van der Waals surface area contributed by atoms with Gasteiger partial charge in [-0.3, -0.25) is 13.9 Å². The maximum absolute atomic E-state index is 15.0. The molecule has 0 saturated carbocycles. The maximum Gasteiger partial charge on any atom is 0.264 e. The molecule has 0 aromatic heterocycles. The van der Waals surface area contributed by atoms with E-state index in [-0.39, 0.29) is 29.3 Å². The molecule has 4 aromatic carbocycles. The summed E-state index contributed by atoms with van der Waals surface area (Å²) < 4.78 is 44.3. The van der Waals surface area contributed by atoms with Crippen LogP contribution < -0.4 is 9.62 Å². The van der Waals surface area contributed by atoms with Gasteiger partial charge in [-0.2, -0.15) is 0 Å². The summed E-state index contributed by atoms with van der Waals surface area (Å²) in [7, 11) is -4.21. The lowest BCUT2D eigenvalue weighted by Gasteiger charge is -2.34. The standard InChI is InChI=1S/C36H40FN3O4S/c1-26(2)23-38-36(42)34(22-29-12-6-5-7-13-29)39(24-30-14-8-9-16-33(30)37)35(41)25-40(31-15-10-11-28(4)21-31)45(43,44)32-19-17-27(3)18-20-32/h5-21,26,34H,22-25H2,1-4H3,(H,38,42)/t34-/m0/s1. The van der Waals surface area contributed by atoms with Gasteiger partial charge in [0.1, 0.15) is 18.4 Å². The van der Waals surface area contributed by atoms with Crippen LogP contribution in [0.4, 0.5) is 10.1 Å². The summed E-state index contributed by atoms with van der Waals surface area (Å²) in [5.74, 6) is -1.42. The lowest BCUT2D eigenvalue weighted by atomic mass is 10.0. The fourth-order valence-electron chi connectivity index (χ4n) is 4.94. The summed E-state index contributed by atoms with van der Waals surface area (Å²) in [5.41, 5.74) is 3.01. The Labute approximate surface area is 265 Å². The summed E-state index contributed by atoms with van der Waals surface area (Å²) in [5, 5.41) is 2.93. The first-order valence-electron chi connectivity index (χ1n) is 15.0. The van der Waals surface area contributed by atoms with Gasteiger partial charge in [-0.1, -0.05) is 92.2 Å². The van der Waals surface area contributed by atoms with Gasteiger partial charge in [0, 0.05) is 25.1 Å². The van der Waals surface area contributed by atoms with Gasteiger partial charge in [-0.15, -0.1) is 0 Å². The summed E-state index contributed by atoms with van der Waals surface area (Å²) in [6, 6.07) is 27.6. The second-order valence-corrected chi connectivity index (χ2v) is 13.5. The second-order valence-electron chi connectivity index (χ2n) is 11.6. The summed E-state index contributed by atoms with van der Waals surface area (Å²) in [6.45, 7) is 7.16. The molecule has 7 nitrogen and oxygen atoms in total. The van der Waals surface area contributed by atoms with E-state index in [4.69, 9.17) is 0 Å². The van der Waals surface area contributed by atoms with E-state index in [1.165, 1.54) is 23.1 Å². The number of sulfonamides is 1. The molecule has 0 unspecified atom stereocenters. The summed E-state index contributed by atoms with van der Waals surface area (Å²) >= 11 is 0. The second kappa shape index (κ2) is 15.0. The molecule has 0 aliphatic heterocycles. The molecule has 0 aliphatic carbocycles. The van der Waals surface area contributed by atoms with Gasteiger partial charge in [-0.25, -0.2) is 12.8 Å². The Hall–Kier alpha value is -4.50. The first-order valence-corrected chi connectivity index (χ1v) is 16.4. The number of benzene rings is 4. The van der Waals surface area contributed by atoms with Gasteiger partial charge in [0.05, 0.1) is 10.6 Å². The maximum atomic E-state index is 15.0. The largest absolute Gasteiger partial charge is 0.354 e. The third-order valence-electron chi connectivity index (χ3n) is 7.43. The minimum atomic E-state index is -4.21. The van der Waals surface area contributed by atoms with Gasteiger partial charge in [0.15, 0.2) is 0 Å². The van der Waals surface area contributed by atoms with Crippen molar-refractivity contribution in [3.05, 3.63) is 131 Å². The van der Waals surface area contributed by atoms with E-state index in [1.54, 1.807) is 48.5 Å². The minimum Gasteiger partial charge on any atom is -0.354 e. The molecule has 0 spiro atoms. The molecule has 1 N–H and O–H groups in total. The molecule has 236 valence electrons. The highest BCUT2D eigenvalue weighted by Gasteiger charge is 2.35. The Bertz CT molecular complexity index is 1710. The number of halogens is 1. The molecular weight excluding hydrogens is 589 g/mol. The highest BCUT2D eigenvalue weighted by atomic mass is 32.2. The number of hydrogen-bond donors (Lipinski definition) is 1. The number of aryl methyl sites for hydroxylation is 2. The highest BCUT2D eigenvalue weighted by Crippen LogP contribution is 2.26. The lowest BCUT2D eigenvalue weighted by Crippen LogP contribution is -2.53. The molecule has 0 fully saturated rings. The van der Waals surface area contributed by atoms with Gasteiger partial charge in [-0.05, 0) is 61.2 Å². The number of nitrogens with zero attached hydrogens (tertiary/aromatic N) is 2. The van der Waals surface area contributed by atoms with E-state index in [0.29, 0.717) is 12.2 Å². The predicted molar refractivity (Wildman–Crippen MR) is 176 cm³/mol. The third-order valence-corrected chi connectivity index (χ3v) is 9.22. The fraction of sp³-hybridized carbons (Fsp3) is 0.278. The zero-order valence-electron chi connectivity index (χ0n) is 26.1. The summed E-state index contributed by atoms with van der Waals surface area (Å²) in [6.07, 6.45) is 0.153. The Morgan fingerprint density at radius 3 is 2.13 bits per heavy atom. The molecule has 0 heterocycles. The molecule has 2 amide bonds. The Morgan fingerprint density at radius 1 is 0.822 bits per heavy atom. The van der Waals surface area contributed by atoms with Crippen LogP contribution >= 0.6 is 0 Å². The van der Waals surface area contributed by atoms with Crippen molar-refractivity contribution in [3.63, 3.8) is 0 Å². The average Bonchev–Trinajstić information content (AvgIpc) is 3.01. The Balaban J connectivity index is 1.81. The molecule has 0 aliphatic rings. The zero-order valence-corrected chi connectivity index (χ0v) is 26.9. The molecule has 0 bridgehead atoms. The number of carbonyl (C=O) groups excluding carboxylic acids is 2. The average molecular weight is 630 g/mol. The van der Waals surface area contributed by atoms with Crippen LogP contribution in [-0.2, 0) is 32.6 Å². The normalized spacial score (nSPS) is 12.0. The Kier molecular flexibility index (Phi) is 11.1. The lowest BCUT2D eigenvalue weighted by molar-refractivity contribution is -0.140. The number of carbonyl (C=O) groups is 2. The number of amides is 2. The van der Waals surface area contributed by atoms with Crippen molar-refractivity contribution in [2.45, 2.75) is 51.6 Å². The van der Waals surface area contributed by atoms with Crippen LogP contribution in [0.25, 0.3) is 0 Å². The topological polar surface area (TPSA) is 86.8 Å². The fourth-order valence-corrected chi connectivity index (χ4v) is 6.34. The van der Waals surface area contributed by atoms with E-state index < -0.39 is 40.2 Å². The van der Waals surface area contributed by atoms with E-state index >= 15 is 4.39 Å². The van der Waals surface area contributed by atoms with Crippen LogP contribution in [0.2, 0.25) is 0 Å². The van der Waals surface area contributed by atoms with Crippen LogP contribution in [-0.4, -0.2) is 44.3 Å². The molecule has 0 saturated heterocycles. The SMILES string of the molecule is Cc1ccc(S(=O)(=O)N(CC(=O)N(Cc2ccccc2F)[C@@H](Cc2ccccc2)C(=O)NCC(C)C)c2cccc(C)c2)cc1. The van der Waals surface area contributed by atoms with Crippen molar-refractivity contribution >= 4 is 27.5 Å². The number of hydrogen-bond acceptors (Lipinski definition) is 4. The molecule has 45 heavy (non-hydrogen) atoms. The zero-order chi connectivity index (χ0) is 32.6. The van der Waals surface area contributed by atoms with Crippen LogP contribution in [0.3, 0.4) is 0 Å². The van der Waals surface area contributed by atoms with E-state index in [1.807, 2.05) is 64.1 Å². The molecule has 4 aromatic rings. The molecular formula is C36H40FN3O4S. The first kappa shape index (κ1) is 33.4. The number of rotatable bonds is 13. The monoisotopic (exact) mass is 629 g/mol. The predicted octanol–water partition coefficient (Wildman–Crippen LogP) is 6.05. The van der Waals surface area contributed by atoms with Crippen molar-refractivity contribution in [1.29, 1.82) is 0 Å². The van der Waals surface area contributed by atoms with Gasteiger partial charge >= 0.3 is 0 Å². The van der Waals surface area contributed by atoms with E-state index in [9.17, 15) is 18.0 Å². The van der Waals surface area contributed by atoms with Crippen molar-refractivity contribution in [1.82, 2.24) is 10.2 Å². The van der Waals surface area contributed by atoms with Crippen molar-refractivity contribution in [2.75, 3.05) is 17.4 Å². The van der Waals surface area contributed by atoms with Crippen molar-refractivity contribution in [2.24, 2.45) is 5.92 Å². The van der Waals surface area contributed by atoms with Gasteiger partial charge in [0.25, 0.3) is 10.0 Å². The molecule has 1 atom stereocenters. The highest BCUT2D eigenvalue weighted by molar-refractivity contribution is 7.92. The molecule has 0 radical (unpaired) electrons. The number of anilines is 1. The smallest absolute Gasteiger partial charge is 0.264 e. The quantitative estimate of drug-likeness (QED) is 0.195. The van der Waals surface area contributed by atoms with Crippen molar-refractivity contribution < 1.29 is 22.4 Å². The van der Waals surface area contributed by atoms with Gasteiger partial charge < -0.3 is 10.2 Å². The van der Waals surface area contributed by atoms with Crippen LogP contribution in [0.5, 0.6) is 0 Å². The van der Waals surface area contributed by atoms with Crippen LogP contribution in [0.1, 0.15) is 36.1 Å². The van der Waals surface area contributed by atoms with Gasteiger partial charge in [0.2, 0.25) is 11.8 Å². The third kappa shape index (κ3) is 8.79. The molecule has 4 rings (SSSR count). The number of nitrogens with one attached hydrogen (secondary N) is 1. The van der Waals surface area contributed by atoms with Crippen molar-refractivity contribution in [3.8, 4) is 0 Å². The van der Waals surface area contributed by atoms with E-state index in [2.05, 4.69) is 5.32 Å². The summed E-state index contributed by atoms with van der Waals surface area (Å²) in [4.78, 5) is 29.6. The van der Waals surface area contributed by atoms with Crippen LogP contribution in [0.15, 0.2) is 108 Å². The minimum absolute atomic E-state index is 0.0265. The Morgan fingerprint density at radius 2 is 1.49 bits per heavy atom. The van der Waals surface area contributed by atoms with E-state index in [0.717, 1.165) is 21.0 Å². The first-order chi connectivity index (χ1) is 21.5. The molecule has 9 heteroatoms.